The fourth-order valence-corrected chi connectivity index (χ4v) is 3.09. The van der Waals surface area contributed by atoms with Crippen molar-refractivity contribution in [3.8, 4) is 11.4 Å². The zero-order valence-electron chi connectivity index (χ0n) is 14.1. The minimum Gasteiger partial charge on any atom is -0.497 e. The van der Waals surface area contributed by atoms with Crippen LogP contribution in [0.5, 0.6) is 5.75 Å². The molecule has 0 aliphatic carbocycles. The van der Waals surface area contributed by atoms with E-state index in [9.17, 15) is 0 Å². The van der Waals surface area contributed by atoms with Gasteiger partial charge < -0.3 is 9.26 Å². The lowest BCUT2D eigenvalue weighted by molar-refractivity contribution is 0.373. The van der Waals surface area contributed by atoms with E-state index in [4.69, 9.17) is 9.26 Å². The van der Waals surface area contributed by atoms with Crippen LogP contribution in [-0.4, -0.2) is 26.8 Å². The Bertz CT molecular complexity index is 795. The van der Waals surface area contributed by atoms with E-state index < -0.39 is 0 Å². The maximum atomic E-state index is 5.38. The van der Waals surface area contributed by atoms with E-state index in [2.05, 4.69) is 15.1 Å². The van der Waals surface area contributed by atoms with Gasteiger partial charge in [-0.05, 0) is 31.2 Å². The van der Waals surface area contributed by atoms with E-state index in [1.54, 1.807) is 25.1 Å². The second-order valence-corrected chi connectivity index (χ2v) is 6.99. The third-order valence-corrected chi connectivity index (χ3v) is 4.63. The standard InChI is InChI=1S/C17H20N4O2S/c1-11(2)15-19-16(23-20-15)12(3)24-17-18-9-10-21(17)13-5-7-14(22-4)8-6-13/h5-12H,1-4H3/t12-/m1/s1. The van der Waals surface area contributed by atoms with E-state index in [1.807, 2.05) is 55.8 Å². The highest BCUT2D eigenvalue weighted by molar-refractivity contribution is 7.99. The van der Waals surface area contributed by atoms with Crippen molar-refractivity contribution in [1.29, 1.82) is 0 Å². The summed E-state index contributed by atoms with van der Waals surface area (Å²) in [5, 5.41) is 4.92. The molecule has 0 radical (unpaired) electrons. The zero-order chi connectivity index (χ0) is 17.1. The molecule has 0 spiro atoms. The number of hydrogen-bond donors (Lipinski definition) is 0. The van der Waals surface area contributed by atoms with Crippen LogP contribution in [0.25, 0.3) is 5.69 Å². The van der Waals surface area contributed by atoms with Gasteiger partial charge in [-0.2, -0.15) is 4.98 Å². The first-order valence-corrected chi connectivity index (χ1v) is 8.64. The van der Waals surface area contributed by atoms with Gasteiger partial charge in [-0.25, -0.2) is 4.98 Å². The number of imidazole rings is 1. The van der Waals surface area contributed by atoms with Crippen LogP contribution in [0.1, 0.15) is 43.7 Å². The van der Waals surface area contributed by atoms with Gasteiger partial charge in [0.05, 0.1) is 12.4 Å². The van der Waals surface area contributed by atoms with Gasteiger partial charge >= 0.3 is 0 Å². The number of methoxy groups -OCH3 is 1. The van der Waals surface area contributed by atoms with Gasteiger partial charge in [0.1, 0.15) is 5.75 Å². The van der Waals surface area contributed by atoms with Gasteiger partial charge in [-0.3, -0.25) is 4.57 Å². The van der Waals surface area contributed by atoms with E-state index >= 15 is 0 Å². The predicted octanol–water partition coefficient (Wildman–Crippen LogP) is 4.24. The molecule has 0 aliphatic heterocycles. The Labute approximate surface area is 145 Å². The number of aromatic nitrogens is 4. The summed E-state index contributed by atoms with van der Waals surface area (Å²) in [5.74, 6) is 2.43. The number of nitrogens with zero attached hydrogens (tertiary/aromatic N) is 4. The average molecular weight is 344 g/mol. The van der Waals surface area contributed by atoms with Crippen LogP contribution < -0.4 is 4.74 Å². The molecule has 0 saturated carbocycles. The smallest absolute Gasteiger partial charge is 0.239 e. The fourth-order valence-electron chi connectivity index (χ4n) is 2.17. The van der Waals surface area contributed by atoms with Crippen LogP contribution in [0.15, 0.2) is 46.3 Å². The van der Waals surface area contributed by atoms with Crippen LogP contribution in [-0.2, 0) is 0 Å². The van der Waals surface area contributed by atoms with Crippen molar-refractivity contribution in [2.45, 2.75) is 37.1 Å². The van der Waals surface area contributed by atoms with Crippen molar-refractivity contribution >= 4 is 11.8 Å². The quantitative estimate of drug-likeness (QED) is 0.623. The molecule has 1 aromatic carbocycles. The van der Waals surface area contributed by atoms with Crippen LogP contribution in [0.3, 0.4) is 0 Å². The third kappa shape index (κ3) is 3.46. The number of ether oxygens (including phenoxy) is 1. The highest BCUT2D eigenvalue weighted by Crippen LogP contribution is 2.34. The van der Waals surface area contributed by atoms with Gasteiger partial charge in [0.2, 0.25) is 5.89 Å². The number of thioether (sulfide) groups is 1. The second kappa shape index (κ2) is 7.09. The molecule has 126 valence electrons. The molecule has 3 aromatic rings. The lowest BCUT2D eigenvalue weighted by atomic mass is 10.2. The highest BCUT2D eigenvalue weighted by Gasteiger charge is 2.19. The van der Waals surface area contributed by atoms with E-state index in [-0.39, 0.29) is 11.2 Å². The molecule has 1 atom stereocenters. The molecule has 6 nitrogen and oxygen atoms in total. The average Bonchev–Trinajstić information content (AvgIpc) is 3.24. The minimum absolute atomic E-state index is 0.0180. The van der Waals surface area contributed by atoms with E-state index in [0.29, 0.717) is 5.89 Å². The van der Waals surface area contributed by atoms with Gasteiger partial charge in [0.15, 0.2) is 11.0 Å². The Morgan fingerprint density at radius 2 is 1.92 bits per heavy atom. The van der Waals surface area contributed by atoms with E-state index in [1.165, 1.54) is 0 Å². The van der Waals surface area contributed by atoms with Crippen LogP contribution in [0.4, 0.5) is 0 Å². The van der Waals surface area contributed by atoms with Crippen molar-refractivity contribution < 1.29 is 9.26 Å². The Balaban J connectivity index is 1.79. The minimum atomic E-state index is 0.0180. The molecule has 2 aromatic heterocycles. The lowest BCUT2D eigenvalue weighted by Crippen LogP contribution is -1.98. The molecule has 0 N–H and O–H groups in total. The molecule has 0 fully saturated rings. The van der Waals surface area contributed by atoms with Crippen molar-refractivity contribution in [3.63, 3.8) is 0 Å². The number of hydrogen-bond acceptors (Lipinski definition) is 6. The first-order chi connectivity index (χ1) is 11.6. The molecule has 0 aliphatic rings. The maximum Gasteiger partial charge on any atom is 0.239 e. The molecule has 0 saturated heterocycles. The summed E-state index contributed by atoms with van der Waals surface area (Å²) in [6.07, 6.45) is 3.72. The Morgan fingerprint density at radius 1 is 1.17 bits per heavy atom. The molecule has 24 heavy (non-hydrogen) atoms. The fraction of sp³-hybridized carbons (Fsp3) is 0.353. The molecule has 0 bridgehead atoms. The maximum absolute atomic E-state index is 5.38. The van der Waals surface area contributed by atoms with Crippen LogP contribution >= 0.6 is 11.8 Å². The third-order valence-electron chi connectivity index (χ3n) is 3.56. The summed E-state index contributed by atoms with van der Waals surface area (Å²) in [6.45, 7) is 6.13. The Kier molecular flexibility index (Phi) is 4.89. The van der Waals surface area contributed by atoms with Gasteiger partial charge in [0, 0.05) is 24.0 Å². The first-order valence-electron chi connectivity index (χ1n) is 7.76. The molecule has 0 unspecified atom stereocenters. The zero-order valence-corrected chi connectivity index (χ0v) is 14.9. The first kappa shape index (κ1) is 16.6. The monoisotopic (exact) mass is 344 g/mol. The summed E-state index contributed by atoms with van der Waals surface area (Å²) in [7, 11) is 1.66. The molecular formula is C17H20N4O2S. The van der Waals surface area contributed by atoms with Crippen molar-refractivity contribution in [1.82, 2.24) is 19.7 Å². The Morgan fingerprint density at radius 3 is 2.54 bits per heavy atom. The second-order valence-electron chi connectivity index (χ2n) is 5.68. The highest BCUT2D eigenvalue weighted by atomic mass is 32.2. The summed E-state index contributed by atoms with van der Waals surface area (Å²) in [6, 6.07) is 7.86. The summed E-state index contributed by atoms with van der Waals surface area (Å²) >= 11 is 1.58. The Hall–Kier alpha value is -2.28. The molecule has 2 heterocycles. The van der Waals surface area contributed by atoms with E-state index in [0.717, 1.165) is 22.4 Å². The normalized spacial score (nSPS) is 12.5. The van der Waals surface area contributed by atoms with Gasteiger partial charge in [0.25, 0.3) is 0 Å². The number of benzene rings is 1. The summed E-state index contributed by atoms with van der Waals surface area (Å²) in [5.41, 5.74) is 1.02. The SMILES string of the molecule is COc1ccc(-n2ccnc2S[C@H](C)c2nc(C(C)C)no2)cc1. The van der Waals surface area contributed by atoms with Crippen LogP contribution in [0, 0.1) is 0 Å². The molecule has 3 rings (SSSR count). The summed E-state index contributed by atoms with van der Waals surface area (Å²) in [4.78, 5) is 8.91. The lowest BCUT2D eigenvalue weighted by Gasteiger charge is -2.10. The topological polar surface area (TPSA) is 66.0 Å². The molecule has 0 amide bonds. The number of rotatable bonds is 6. The van der Waals surface area contributed by atoms with Gasteiger partial charge in [-0.15, -0.1) is 0 Å². The summed E-state index contributed by atoms with van der Waals surface area (Å²) < 4.78 is 12.6. The van der Waals surface area contributed by atoms with Crippen molar-refractivity contribution in [2.24, 2.45) is 0 Å². The molecular weight excluding hydrogens is 324 g/mol. The molecule has 7 heteroatoms. The van der Waals surface area contributed by atoms with Crippen molar-refractivity contribution in [2.75, 3.05) is 7.11 Å². The van der Waals surface area contributed by atoms with Gasteiger partial charge in [-0.1, -0.05) is 30.8 Å². The largest absolute Gasteiger partial charge is 0.497 e. The van der Waals surface area contributed by atoms with Crippen molar-refractivity contribution in [3.05, 3.63) is 48.4 Å². The predicted molar refractivity (Wildman–Crippen MR) is 92.8 cm³/mol. The van der Waals surface area contributed by atoms with Crippen LogP contribution in [0.2, 0.25) is 0 Å².